The van der Waals surface area contributed by atoms with Crippen LogP contribution in [-0.4, -0.2) is 15.0 Å². The zero-order chi connectivity index (χ0) is 9.19. The Morgan fingerprint density at radius 3 is 2.50 bits per heavy atom. The molecule has 0 aliphatic carbocycles. The van der Waals surface area contributed by atoms with Crippen molar-refractivity contribution in [1.82, 2.24) is 15.0 Å². The summed E-state index contributed by atoms with van der Waals surface area (Å²) in [5, 5.41) is 8.07. The zero-order valence-corrected chi connectivity index (χ0v) is 8.33. The van der Waals surface area contributed by atoms with Crippen LogP contribution in [0.3, 0.4) is 0 Å². The highest BCUT2D eigenvalue weighted by Gasteiger charge is 2.13. The average Bonchev–Trinajstić information content (AvgIpc) is 2.32. The number of nitrogens with zero attached hydrogens (tertiary/aromatic N) is 3. The van der Waals surface area contributed by atoms with E-state index in [1.54, 1.807) is 0 Å². The maximum atomic E-state index is 4.09. The predicted octanol–water partition coefficient (Wildman–Crippen LogP) is 1.89. The van der Waals surface area contributed by atoms with E-state index < -0.39 is 0 Å². The first-order valence-electron chi connectivity index (χ1n) is 4.40. The predicted molar refractivity (Wildman–Crippen MR) is 48.9 cm³/mol. The Balaban J connectivity index is 2.64. The van der Waals surface area contributed by atoms with E-state index in [1.807, 2.05) is 10.9 Å². The molecule has 0 aromatic carbocycles. The molecule has 1 heterocycles. The number of rotatable bonds is 2. The summed E-state index contributed by atoms with van der Waals surface area (Å²) in [5.74, 6) is 0. The normalized spacial score (nSPS) is 12.0. The molecule has 3 heteroatoms. The van der Waals surface area contributed by atoms with Gasteiger partial charge in [0, 0.05) is 12.7 Å². The van der Waals surface area contributed by atoms with Crippen LogP contribution < -0.4 is 0 Å². The van der Waals surface area contributed by atoms with E-state index in [0.29, 0.717) is 5.41 Å². The first kappa shape index (κ1) is 9.23. The Labute approximate surface area is 73.8 Å². The minimum atomic E-state index is 0.300. The van der Waals surface area contributed by atoms with Gasteiger partial charge in [0.15, 0.2) is 0 Å². The van der Waals surface area contributed by atoms with Gasteiger partial charge in [-0.1, -0.05) is 26.0 Å². The second kappa shape index (κ2) is 3.25. The molecule has 0 fully saturated rings. The number of aryl methyl sites for hydroxylation is 1. The topological polar surface area (TPSA) is 30.7 Å². The maximum Gasteiger partial charge on any atom is 0.0832 e. The van der Waals surface area contributed by atoms with Gasteiger partial charge in [-0.05, 0) is 18.8 Å². The van der Waals surface area contributed by atoms with Crippen LogP contribution in [0.2, 0.25) is 0 Å². The quantitative estimate of drug-likeness (QED) is 0.673. The molecule has 0 amide bonds. The Morgan fingerprint density at radius 1 is 1.42 bits per heavy atom. The van der Waals surface area contributed by atoms with E-state index in [-0.39, 0.29) is 0 Å². The molecule has 0 saturated carbocycles. The van der Waals surface area contributed by atoms with E-state index in [1.165, 1.54) is 0 Å². The summed E-state index contributed by atoms with van der Waals surface area (Å²) in [6.07, 6.45) is 3.01. The molecular formula is C9H17N3. The minimum Gasteiger partial charge on any atom is -0.253 e. The van der Waals surface area contributed by atoms with Gasteiger partial charge in [0.05, 0.1) is 5.69 Å². The van der Waals surface area contributed by atoms with Gasteiger partial charge < -0.3 is 0 Å². The lowest BCUT2D eigenvalue weighted by Crippen LogP contribution is -2.09. The van der Waals surface area contributed by atoms with E-state index in [2.05, 4.69) is 38.0 Å². The molecule has 0 aliphatic heterocycles. The molecule has 0 bridgehead atoms. The Kier molecular flexibility index (Phi) is 2.50. The van der Waals surface area contributed by atoms with E-state index in [9.17, 15) is 0 Å². The van der Waals surface area contributed by atoms with Crippen LogP contribution >= 0.6 is 0 Å². The molecule has 0 spiro atoms. The molecule has 0 atom stereocenters. The highest BCUT2D eigenvalue weighted by molar-refractivity contribution is 4.95. The van der Waals surface area contributed by atoms with Gasteiger partial charge >= 0.3 is 0 Å². The van der Waals surface area contributed by atoms with Crippen molar-refractivity contribution < 1.29 is 0 Å². The van der Waals surface area contributed by atoms with Crippen LogP contribution in [0.15, 0.2) is 6.20 Å². The first-order chi connectivity index (χ1) is 5.51. The van der Waals surface area contributed by atoms with Crippen LogP contribution in [-0.2, 0) is 13.0 Å². The lowest BCUT2D eigenvalue weighted by molar-refractivity contribution is 0.406. The van der Waals surface area contributed by atoms with Gasteiger partial charge in [-0.3, -0.25) is 4.68 Å². The number of hydrogen-bond donors (Lipinski definition) is 0. The minimum absolute atomic E-state index is 0.300. The highest BCUT2D eigenvalue weighted by atomic mass is 15.4. The van der Waals surface area contributed by atoms with Gasteiger partial charge in [0.1, 0.15) is 0 Å². The van der Waals surface area contributed by atoms with Crippen molar-refractivity contribution in [3.8, 4) is 0 Å². The average molecular weight is 167 g/mol. The Hall–Kier alpha value is -0.860. The standard InChI is InChI=1S/C9H17N3/c1-5-12-7-8(10-11-12)6-9(2,3)4/h7H,5-6H2,1-4H3. The maximum absolute atomic E-state index is 4.09. The molecule has 0 saturated heterocycles. The lowest BCUT2D eigenvalue weighted by Gasteiger charge is -2.15. The summed E-state index contributed by atoms with van der Waals surface area (Å²) in [6.45, 7) is 9.58. The van der Waals surface area contributed by atoms with Crippen molar-refractivity contribution in [1.29, 1.82) is 0 Å². The third-order valence-electron chi connectivity index (χ3n) is 1.62. The fourth-order valence-electron chi connectivity index (χ4n) is 1.12. The summed E-state index contributed by atoms with van der Waals surface area (Å²) in [5.41, 5.74) is 1.39. The molecule has 3 nitrogen and oxygen atoms in total. The van der Waals surface area contributed by atoms with Crippen molar-refractivity contribution >= 4 is 0 Å². The van der Waals surface area contributed by atoms with E-state index in [0.717, 1.165) is 18.7 Å². The molecule has 0 N–H and O–H groups in total. The first-order valence-corrected chi connectivity index (χ1v) is 4.40. The summed E-state index contributed by atoms with van der Waals surface area (Å²) in [4.78, 5) is 0. The summed E-state index contributed by atoms with van der Waals surface area (Å²) < 4.78 is 1.86. The molecule has 0 aliphatic rings. The van der Waals surface area contributed by atoms with Crippen molar-refractivity contribution in [2.24, 2.45) is 5.41 Å². The lowest BCUT2D eigenvalue weighted by atomic mass is 9.91. The molecule has 1 rings (SSSR count). The second-order valence-electron chi connectivity index (χ2n) is 4.30. The van der Waals surface area contributed by atoms with Crippen LogP contribution in [0.5, 0.6) is 0 Å². The fourth-order valence-corrected chi connectivity index (χ4v) is 1.12. The molecular weight excluding hydrogens is 150 g/mol. The van der Waals surface area contributed by atoms with Crippen LogP contribution in [0.4, 0.5) is 0 Å². The highest BCUT2D eigenvalue weighted by Crippen LogP contribution is 2.18. The monoisotopic (exact) mass is 167 g/mol. The summed E-state index contributed by atoms with van der Waals surface area (Å²) >= 11 is 0. The molecule has 12 heavy (non-hydrogen) atoms. The SMILES string of the molecule is CCn1cc(CC(C)(C)C)nn1. The van der Waals surface area contributed by atoms with Crippen molar-refractivity contribution in [2.75, 3.05) is 0 Å². The van der Waals surface area contributed by atoms with Gasteiger partial charge in [-0.25, -0.2) is 0 Å². The molecule has 68 valence electrons. The van der Waals surface area contributed by atoms with Crippen LogP contribution in [0.1, 0.15) is 33.4 Å². The van der Waals surface area contributed by atoms with Crippen molar-refractivity contribution in [2.45, 2.75) is 40.7 Å². The largest absolute Gasteiger partial charge is 0.253 e. The third kappa shape index (κ3) is 2.64. The summed E-state index contributed by atoms with van der Waals surface area (Å²) in [7, 11) is 0. The Bertz CT molecular complexity index is 245. The molecule has 1 aromatic heterocycles. The van der Waals surface area contributed by atoms with Crippen molar-refractivity contribution in [3.63, 3.8) is 0 Å². The fraction of sp³-hybridized carbons (Fsp3) is 0.778. The van der Waals surface area contributed by atoms with Gasteiger partial charge in [-0.2, -0.15) is 0 Å². The number of hydrogen-bond acceptors (Lipinski definition) is 2. The third-order valence-corrected chi connectivity index (χ3v) is 1.62. The summed E-state index contributed by atoms with van der Waals surface area (Å²) in [6, 6.07) is 0. The Morgan fingerprint density at radius 2 is 2.08 bits per heavy atom. The van der Waals surface area contributed by atoms with Gasteiger partial charge in [-0.15, -0.1) is 5.10 Å². The number of aromatic nitrogens is 3. The van der Waals surface area contributed by atoms with Gasteiger partial charge in [0.2, 0.25) is 0 Å². The molecule has 0 unspecified atom stereocenters. The van der Waals surface area contributed by atoms with Crippen LogP contribution in [0, 0.1) is 5.41 Å². The molecule has 1 aromatic rings. The van der Waals surface area contributed by atoms with Crippen LogP contribution in [0.25, 0.3) is 0 Å². The van der Waals surface area contributed by atoms with Gasteiger partial charge in [0.25, 0.3) is 0 Å². The van der Waals surface area contributed by atoms with E-state index in [4.69, 9.17) is 0 Å². The smallest absolute Gasteiger partial charge is 0.0832 e. The zero-order valence-electron chi connectivity index (χ0n) is 8.33. The van der Waals surface area contributed by atoms with Crippen molar-refractivity contribution in [3.05, 3.63) is 11.9 Å². The van der Waals surface area contributed by atoms with E-state index >= 15 is 0 Å². The second-order valence-corrected chi connectivity index (χ2v) is 4.30. The molecule has 0 radical (unpaired) electrons.